The molecule has 0 aromatic heterocycles. The van der Waals surface area contributed by atoms with Crippen LogP contribution in [0.4, 0.5) is 8.78 Å². The Morgan fingerprint density at radius 2 is 2.06 bits per heavy atom. The van der Waals surface area contributed by atoms with Crippen LogP contribution in [0.5, 0.6) is 0 Å². The first-order chi connectivity index (χ1) is 8.62. The lowest BCUT2D eigenvalue weighted by Gasteiger charge is -2.38. The van der Waals surface area contributed by atoms with Crippen molar-refractivity contribution in [2.24, 2.45) is 11.8 Å². The molecule has 4 heteroatoms. The summed E-state index contributed by atoms with van der Waals surface area (Å²) in [5, 5.41) is 3.57. The summed E-state index contributed by atoms with van der Waals surface area (Å²) in [5.41, 5.74) is 0. The molecule has 3 aliphatic rings. The van der Waals surface area contributed by atoms with Gasteiger partial charge in [0.1, 0.15) is 0 Å². The van der Waals surface area contributed by atoms with E-state index in [0.29, 0.717) is 12.5 Å². The van der Waals surface area contributed by atoms with Crippen molar-refractivity contribution in [1.29, 1.82) is 0 Å². The molecule has 3 fully saturated rings. The Labute approximate surface area is 108 Å². The van der Waals surface area contributed by atoms with E-state index in [2.05, 4.69) is 10.2 Å². The Kier molecular flexibility index (Phi) is 3.59. The zero-order valence-corrected chi connectivity index (χ0v) is 11.0. The van der Waals surface area contributed by atoms with E-state index in [0.717, 1.165) is 38.5 Å². The monoisotopic (exact) mass is 258 g/mol. The SMILES string of the molecule is FC1(F)CCCC(CN2CCNC(C3CC3)C2)C1. The van der Waals surface area contributed by atoms with Crippen LogP contribution < -0.4 is 5.32 Å². The van der Waals surface area contributed by atoms with Crippen molar-refractivity contribution >= 4 is 0 Å². The summed E-state index contributed by atoms with van der Waals surface area (Å²) in [6, 6.07) is 0.628. The predicted molar refractivity (Wildman–Crippen MR) is 67.9 cm³/mol. The van der Waals surface area contributed by atoms with Gasteiger partial charge in [0.25, 0.3) is 0 Å². The van der Waals surface area contributed by atoms with Gasteiger partial charge in [-0.05, 0) is 37.5 Å². The molecule has 3 rings (SSSR count). The highest BCUT2D eigenvalue weighted by Gasteiger charge is 2.38. The van der Waals surface area contributed by atoms with Gasteiger partial charge >= 0.3 is 0 Å². The maximum atomic E-state index is 13.4. The van der Waals surface area contributed by atoms with E-state index in [1.807, 2.05) is 0 Å². The normalized spacial score (nSPS) is 37.7. The van der Waals surface area contributed by atoms with E-state index in [1.54, 1.807) is 0 Å². The zero-order valence-electron chi connectivity index (χ0n) is 11.0. The summed E-state index contributed by atoms with van der Waals surface area (Å²) in [6.07, 6.45) is 4.63. The van der Waals surface area contributed by atoms with Crippen LogP contribution in [0.25, 0.3) is 0 Å². The van der Waals surface area contributed by atoms with E-state index < -0.39 is 5.92 Å². The molecule has 0 aromatic carbocycles. The largest absolute Gasteiger partial charge is 0.311 e. The molecule has 1 heterocycles. The van der Waals surface area contributed by atoms with E-state index in [1.165, 1.54) is 12.8 Å². The molecule has 2 atom stereocenters. The van der Waals surface area contributed by atoms with Crippen molar-refractivity contribution in [1.82, 2.24) is 10.2 Å². The topological polar surface area (TPSA) is 15.3 Å². The van der Waals surface area contributed by atoms with Gasteiger partial charge in [0.2, 0.25) is 5.92 Å². The number of rotatable bonds is 3. The third-order valence-electron chi connectivity index (χ3n) is 4.74. The molecule has 0 amide bonds. The predicted octanol–water partition coefficient (Wildman–Crippen LogP) is 2.50. The van der Waals surface area contributed by atoms with Gasteiger partial charge in [0.05, 0.1) is 0 Å². The number of alkyl halides is 2. The fraction of sp³-hybridized carbons (Fsp3) is 1.00. The number of hydrogen-bond donors (Lipinski definition) is 1. The van der Waals surface area contributed by atoms with Crippen LogP contribution in [0.1, 0.15) is 38.5 Å². The highest BCUT2D eigenvalue weighted by atomic mass is 19.3. The Balaban J connectivity index is 1.49. The van der Waals surface area contributed by atoms with Gasteiger partial charge in [-0.1, -0.05) is 0 Å². The van der Waals surface area contributed by atoms with Crippen LogP contribution in [0, 0.1) is 11.8 Å². The lowest BCUT2D eigenvalue weighted by atomic mass is 9.86. The van der Waals surface area contributed by atoms with E-state index >= 15 is 0 Å². The molecular weight excluding hydrogens is 234 g/mol. The van der Waals surface area contributed by atoms with Crippen molar-refractivity contribution in [3.63, 3.8) is 0 Å². The summed E-state index contributed by atoms with van der Waals surface area (Å²) >= 11 is 0. The van der Waals surface area contributed by atoms with Crippen LogP contribution in [-0.2, 0) is 0 Å². The molecule has 2 saturated carbocycles. The highest BCUT2D eigenvalue weighted by Crippen LogP contribution is 2.38. The van der Waals surface area contributed by atoms with Crippen LogP contribution >= 0.6 is 0 Å². The van der Waals surface area contributed by atoms with Crippen LogP contribution in [0.3, 0.4) is 0 Å². The van der Waals surface area contributed by atoms with Gasteiger partial charge in [-0.25, -0.2) is 8.78 Å². The van der Waals surface area contributed by atoms with Crippen LogP contribution in [-0.4, -0.2) is 43.0 Å². The summed E-state index contributed by atoms with van der Waals surface area (Å²) in [4.78, 5) is 2.42. The molecule has 1 aliphatic heterocycles. The van der Waals surface area contributed by atoms with Crippen molar-refractivity contribution < 1.29 is 8.78 Å². The number of nitrogens with zero attached hydrogens (tertiary/aromatic N) is 1. The molecule has 18 heavy (non-hydrogen) atoms. The third-order valence-corrected chi connectivity index (χ3v) is 4.74. The van der Waals surface area contributed by atoms with Gasteiger partial charge in [-0.2, -0.15) is 0 Å². The van der Waals surface area contributed by atoms with Crippen molar-refractivity contribution in [2.75, 3.05) is 26.2 Å². The first kappa shape index (κ1) is 12.8. The second kappa shape index (κ2) is 5.04. The molecule has 2 nitrogen and oxygen atoms in total. The van der Waals surface area contributed by atoms with Crippen molar-refractivity contribution in [3.8, 4) is 0 Å². The van der Waals surface area contributed by atoms with E-state index in [-0.39, 0.29) is 18.8 Å². The van der Waals surface area contributed by atoms with Gasteiger partial charge in [-0.15, -0.1) is 0 Å². The minimum Gasteiger partial charge on any atom is -0.311 e. The molecule has 1 saturated heterocycles. The molecule has 2 unspecified atom stereocenters. The fourth-order valence-electron chi connectivity index (χ4n) is 3.62. The Morgan fingerprint density at radius 1 is 1.22 bits per heavy atom. The second-order valence-corrected chi connectivity index (χ2v) is 6.48. The van der Waals surface area contributed by atoms with E-state index in [9.17, 15) is 8.78 Å². The zero-order chi connectivity index (χ0) is 12.6. The highest BCUT2D eigenvalue weighted by molar-refractivity contribution is 4.92. The fourth-order valence-corrected chi connectivity index (χ4v) is 3.62. The molecule has 1 N–H and O–H groups in total. The number of piperazine rings is 1. The lowest BCUT2D eigenvalue weighted by molar-refractivity contribution is -0.0578. The van der Waals surface area contributed by atoms with Gasteiger partial charge in [0.15, 0.2) is 0 Å². The smallest absolute Gasteiger partial charge is 0.248 e. The molecule has 0 spiro atoms. The molecular formula is C14H24F2N2. The average Bonchev–Trinajstić information content (AvgIpc) is 3.11. The second-order valence-electron chi connectivity index (χ2n) is 6.48. The first-order valence-corrected chi connectivity index (χ1v) is 7.46. The van der Waals surface area contributed by atoms with Crippen molar-refractivity contribution in [2.45, 2.75) is 50.5 Å². The number of nitrogens with one attached hydrogen (secondary N) is 1. The van der Waals surface area contributed by atoms with E-state index in [4.69, 9.17) is 0 Å². The maximum Gasteiger partial charge on any atom is 0.248 e. The minimum absolute atomic E-state index is 0.107. The lowest BCUT2D eigenvalue weighted by Crippen LogP contribution is -2.53. The quantitative estimate of drug-likeness (QED) is 0.836. The van der Waals surface area contributed by atoms with Crippen LogP contribution in [0.2, 0.25) is 0 Å². The summed E-state index contributed by atoms with van der Waals surface area (Å²) in [5.74, 6) is -1.32. The van der Waals surface area contributed by atoms with Crippen LogP contribution in [0.15, 0.2) is 0 Å². The van der Waals surface area contributed by atoms with Gasteiger partial charge in [0, 0.05) is 45.1 Å². The maximum absolute atomic E-state index is 13.4. The number of hydrogen-bond acceptors (Lipinski definition) is 2. The molecule has 104 valence electrons. The molecule has 0 radical (unpaired) electrons. The number of halogens is 2. The summed E-state index contributed by atoms with van der Waals surface area (Å²) in [6.45, 7) is 4.03. The Morgan fingerprint density at radius 3 is 2.78 bits per heavy atom. The van der Waals surface area contributed by atoms with Gasteiger partial charge in [-0.3, -0.25) is 0 Å². The van der Waals surface area contributed by atoms with Gasteiger partial charge < -0.3 is 10.2 Å². The standard InChI is InChI=1S/C14H24F2N2/c15-14(16)5-1-2-11(8-14)9-18-7-6-17-13(10-18)12-3-4-12/h11-13,17H,1-10H2. The minimum atomic E-state index is -2.40. The summed E-state index contributed by atoms with van der Waals surface area (Å²) in [7, 11) is 0. The summed E-state index contributed by atoms with van der Waals surface area (Å²) < 4.78 is 26.8. The Hall–Kier alpha value is -0.220. The molecule has 2 aliphatic carbocycles. The average molecular weight is 258 g/mol. The Bertz CT molecular complexity index is 292. The molecule has 0 bridgehead atoms. The molecule has 0 aromatic rings. The first-order valence-electron chi connectivity index (χ1n) is 7.46. The van der Waals surface area contributed by atoms with Crippen molar-refractivity contribution in [3.05, 3.63) is 0 Å². The third kappa shape index (κ3) is 3.21.